The zero-order valence-electron chi connectivity index (χ0n) is 15.3. The molecular weight excluding hydrogens is 346 g/mol. The number of aliphatic hydroxyl groups is 1. The maximum Gasteiger partial charge on any atom is 0.0730 e. The summed E-state index contributed by atoms with van der Waals surface area (Å²) in [5, 5.41) is 12.5. The largest absolute Gasteiger partial charge is 0.392 e. The van der Waals surface area contributed by atoms with E-state index in [1.807, 2.05) is 0 Å². The van der Waals surface area contributed by atoms with E-state index in [0.717, 1.165) is 39.0 Å². The minimum atomic E-state index is -0.141. The monoisotopic (exact) mass is 375 g/mol. The van der Waals surface area contributed by atoms with Gasteiger partial charge in [0.25, 0.3) is 0 Å². The molecule has 0 radical (unpaired) electrons. The van der Waals surface area contributed by atoms with Crippen molar-refractivity contribution >= 4 is 23.2 Å². The first-order valence-electron chi connectivity index (χ1n) is 9.81. The first-order valence-corrected chi connectivity index (χ1v) is 9.81. The molecule has 2 fully saturated rings. The van der Waals surface area contributed by atoms with Crippen LogP contribution in [-0.4, -0.2) is 48.0 Å². The molecule has 2 aromatic rings. The van der Waals surface area contributed by atoms with Crippen molar-refractivity contribution in [3.8, 4) is 0 Å². The third kappa shape index (κ3) is 4.40. The Balaban J connectivity index is 0.00000196. The van der Waals surface area contributed by atoms with E-state index in [0.29, 0.717) is 12.1 Å². The number of aliphatic hydroxyl groups excluding tert-OH is 1. The number of rotatable bonds is 5. The fourth-order valence-electron chi connectivity index (χ4n) is 4.59. The number of ether oxygens (including phenoxy) is 1. The van der Waals surface area contributed by atoms with Gasteiger partial charge in [0.1, 0.15) is 0 Å². The van der Waals surface area contributed by atoms with Crippen molar-refractivity contribution in [2.45, 2.75) is 56.8 Å². The quantitative estimate of drug-likeness (QED) is 0.850. The Kier molecular flexibility index (Phi) is 6.93. The lowest BCUT2D eigenvalue weighted by Crippen LogP contribution is -2.46. The van der Waals surface area contributed by atoms with Crippen LogP contribution in [0.2, 0.25) is 0 Å². The van der Waals surface area contributed by atoms with E-state index < -0.39 is 0 Å². The van der Waals surface area contributed by atoms with Crippen LogP contribution in [0.25, 0.3) is 10.8 Å². The molecule has 26 heavy (non-hydrogen) atoms. The van der Waals surface area contributed by atoms with Gasteiger partial charge in [0, 0.05) is 19.1 Å². The zero-order valence-corrected chi connectivity index (χ0v) is 16.2. The van der Waals surface area contributed by atoms with Crippen LogP contribution >= 0.6 is 12.4 Å². The molecule has 142 valence electrons. The van der Waals surface area contributed by atoms with Crippen LogP contribution in [-0.2, 0) is 11.2 Å². The number of benzene rings is 2. The molecule has 2 aliphatic rings. The summed E-state index contributed by atoms with van der Waals surface area (Å²) in [5.41, 5.74) is 1.38. The Morgan fingerprint density at radius 2 is 1.81 bits per heavy atom. The lowest BCUT2D eigenvalue weighted by Gasteiger charge is -2.37. The van der Waals surface area contributed by atoms with Crippen molar-refractivity contribution < 1.29 is 9.84 Å². The van der Waals surface area contributed by atoms with Gasteiger partial charge in [0.2, 0.25) is 0 Å². The summed E-state index contributed by atoms with van der Waals surface area (Å²) in [4.78, 5) is 2.46. The van der Waals surface area contributed by atoms with Gasteiger partial charge in [-0.25, -0.2) is 0 Å². The van der Waals surface area contributed by atoms with E-state index in [1.165, 1.54) is 35.6 Å². The van der Waals surface area contributed by atoms with Gasteiger partial charge in [0.15, 0.2) is 0 Å². The second-order valence-electron chi connectivity index (χ2n) is 7.59. The zero-order chi connectivity index (χ0) is 17.1. The molecule has 0 spiro atoms. The molecule has 1 aliphatic carbocycles. The summed E-state index contributed by atoms with van der Waals surface area (Å²) in [6.45, 7) is 2.63. The fraction of sp³-hybridized carbons (Fsp3) is 0.545. The number of hydrogen-bond donors (Lipinski definition) is 1. The van der Waals surface area contributed by atoms with E-state index >= 15 is 0 Å². The topological polar surface area (TPSA) is 32.7 Å². The molecule has 3 atom stereocenters. The fourth-order valence-corrected chi connectivity index (χ4v) is 4.59. The van der Waals surface area contributed by atoms with Crippen molar-refractivity contribution in [1.82, 2.24) is 4.90 Å². The van der Waals surface area contributed by atoms with Crippen LogP contribution < -0.4 is 0 Å². The molecular formula is C22H30ClNO2. The minimum Gasteiger partial charge on any atom is -0.392 e. The maximum atomic E-state index is 9.86. The average molecular weight is 376 g/mol. The van der Waals surface area contributed by atoms with Gasteiger partial charge < -0.3 is 9.84 Å². The first kappa shape index (κ1) is 19.6. The summed E-state index contributed by atoms with van der Waals surface area (Å²) >= 11 is 0. The van der Waals surface area contributed by atoms with Gasteiger partial charge >= 0.3 is 0 Å². The Labute approximate surface area is 162 Å². The van der Waals surface area contributed by atoms with Crippen molar-refractivity contribution in [1.29, 1.82) is 0 Å². The maximum absolute atomic E-state index is 9.86. The van der Waals surface area contributed by atoms with E-state index in [4.69, 9.17) is 4.74 Å². The molecule has 4 rings (SSSR count). The third-order valence-corrected chi connectivity index (χ3v) is 5.91. The van der Waals surface area contributed by atoms with E-state index in [2.05, 4.69) is 47.4 Å². The summed E-state index contributed by atoms with van der Waals surface area (Å²) in [6, 6.07) is 15.6. The van der Waals surface area contributed by atoms with Crippen molar-refractivity contribution in [2.24, 2.45) is 0 Å². The van der Waals surface area contributed by atoms with Gasteiger partial charge in [-0.2, -0.15) is 0 Å². The van der Waals surface area contributed by atoms with Crippen molar-refractivity contribution in [2.75, 3.05) is 19.7 Å². The van der Waals surface area contributed by atoms with Crippen molar-refractivity contribution in [3.63, 3.8) is 0 Å². The molecule has 0 aromatic heterocycles. The molecule has 3 nitrogen and oxygen atoms in total. The van der Waals surface area contributed by atoms with Gasteiger partial charge in [-0.1, -0.05) is 55.3 Å². The highest BCUT2D eigenvalue weighted by Crippen LogP contribution is 2.28. The number of nitrogens with zero attached hydrogens (tertiary/aromatic N) is 1. The predicted octanol–water partition coefficient (Wildman–Crippen LogP) is 4.20. The van der Waals surface area contributed by atoms with Crippen LogP contribution in [0, 0.1) is 0 Å². The molecule has 1 aliphatic heterocycles. The van der Waals surface area contributed by atoms with Crippen LogP contribution in [0.4, 0.5) is 0 Å². The average Bonchev–Trinajstić information content (AvgIpc) is 3.08. The number of halogens is 1. The van der Waals surface area contributed by atoms with Gasteiger partial charge in [0.05, 0.1) is 18.8 Å². The second-order valence-corrected chi connectivity index (χ2v) is 7.59. The Morgan fingerprint density at radius 1 is 1.00 bits per heavy atom. The second kappa shape index (κ2) is 9.18. The number of fused-ring (bicyclic) bond motifs is 1. The molecule has 1 saturated carbocycles. The Bertz CT molecular complexity index is 702. The predicted molar refractivity (Wildman–Crippen MR) is 109 cm³/mol. The summed E-state index contributed by atoms with van der Waals surface area (Å²) < 4.78 is 6.37. The normalized spacial score (nSPS) is 26.7. The summed E-state index contributed by atoms with van der Waals surface area (Å²) in [6.07, 6.45) is 7.00. The molecule has 1 N–H and O–H groups in total. The molecule has 2 aromatic carbocycles. The molecule has 2 unspecified atom stereocenters. The lowest BCUT2D eigenvalue weighted by molar-refractivity contribution is -0.0315. The number of hydrogen-bond acceptors (Lipinski definition) is 3. The van der Waals surface area contributed by atoms with E-state index in [9.17, 15) is 5.11 Å². The molecule has 1 saturated heterocycles. The SMILES string of the molecule is Cl.OC1CCN(C2CCCC[C@@H]2OCCc2cccc3ccccc23)C1. The van der Waals surface area contributed by atoms with Crippen LogP contribution in [0.1, 0.15) is 37.7 Å². The van der Waals surface area contributed by atoms with Crippen LogP contribution in [0.5, 0.6) is 0 Å². The standard InChI is InChI=1S/C22H29NO2.ClH/c24-19-12-14-23(16-19)21-10-3-4-11-22(21)25-15-13-18-8-5-7-17-6-1-2-9-20(17)18;/h1-2,5-9,19,21-22,24H,3-4,10-16H2;1H/t19?,21?,22-;/m0./s1. The molecule has 4 heteroatoms. The van der Waals surface area contributed by atoms with Crippen LogP contribution in [0.15, 0.2) is 42.5 Å². The summed E-state index contributed by atoms with van der Waals surface area (Å²) in [5.74, 6) is 0. The number of β-amino-alcohol motifs (C(OH)–C–C–N with tert-alkyl or cyclic N) is 1. The van der Waals surface area contributed by atoms with Crippen molar-refractivity contribution in [3.05, 3.63) is 48.0 Å². The van der Waals surface area contributed by atoms with Gasteiger partial charge in [-0.3, -0.25) is 4.90 Å². The third-order valence-electron chi connectivity index (χ3n) is 5.91. The Morgan fingerprint density at radius 3 is 2.65 bits per heavy atom. The van der Waals surface area contributed by atoms with E-state index in [-0.39, 0.29) is 18.5 Å². The smallest absolute Gasteiger partial charge is 0.0730 e. The minimum absolute atomic E-state index is 0. The highest BCUT2D eigenvalue weighted by atomic mass is 35.5. The number of likely N-dealkylation sites (tertiary alicyclic amines) is 1. The summed E-state index contributed by atoms with van der Waals surface area (Å²) in [7, 11) is 0. The van der Waals surface area contributed by atoms with Gasteiger partial charge in [-0.05, 0) is 42.0 Å². The molecule has 0 bridgehead atoms. The lowest BCUT2D eigenvalue weighted by atomic mass is 9.91. The molecule has 1 heterocycles. The highest BCUT2D eigenvalue weighted by Gasteiger charge is 2.34. The van der Waals surface area contributed by atoms with Gasteiger partial charge in [-0.15, -0.1) is 12.4 Å². The highest BCUT2D eigenvalue weighted by molar-refractivity contribution is 5.86. The molecule has 0 amide bonds. The van der Waals surface area contributed by atoms with E-state index in [1.54, 1.807) is 0 Å². The first-order chi connectivity index (χ1) is 12.3. The Hall–Kier alpha value is -1.13. The van der Waals surface area contributed by atoms with Crippen LogP contribution in [0.3, 0.4) is 0 Å².